The molecule has 0 bridgehead atoms. The summed E-state index contributed by atoms with van der Waals surface area (Å²) in [7, 11) is -2.96. The first-order chi connectivity index (χ1) is 8.09. The first-order valence-electron chi connectivity index (χ1n) is 7.07. The van der Waals surface area contributed by atoms with Crippen LogP contribution >= 0.6 is 0 Å². The molecule has 2 aliphatic rings. The molecule has 2 saturated carbocycles. The van der Waals surface area contributed by atoms with Gasteiger partial charge in [0, 0.05) is 6.04 Å². The molecule has 0 aromatic heterocycles. The molecule has 0 saturated heterocycles. The van der Waals surface area contributed by atoms with Crippen LogP contribution in [0.4, 0.5) is 0 Å². The van der Waals surface area contributed by atoms with E-state index in [-0.39, 0.29) is 11.3 Å². The van der Waals surface area contributed by atoms with E-state index < -0.39 is 9.84 Å². The summed E-state index contributed by atoms with van der Waals surface area (Å²) in [5.41, 5.74) is 6.06. The van der Waals surface area contributed by atoms with Crippen molar-refractivity contribution in [3.8, 4) is 0 Å². The van der Waals surface area contributed by atoms with E-state index in [9.17, 15) is 8.42 Å². The van der Waals surface area contributed by atoms with E-state index in [2.05, 4.69) is 0 Å². The maximum Gasteiger partial charge on any atom is 0.154 e. The molecule has 2 N–H and O–H groups in total. The van der Waals surface area contributed by atoms with Crippen LogP contribution in [0.3, 0.4) is 0 Å². The molecule has 0 aromatic carbocycles. The number of rotatable bonds is 3. The minimum absolute atomic E-state index is 0.121. The molecule has 0 heterocycles. The van der Waals surface area contributed by atoms with Gasteiger partial charge >= 0.3 is 0 Å². The molecular formula is C13H25NO2S. The molecule has 0 radical (unpaired) electrons. The highest BCUT2D eigenvalue weighted by Gasteiger charge is 2.34. The van der Waals surface area contributed by atoms with E-state index in [4.69, 9.17) is 5.73 Å². The summed E-state index contributed by atoms with van der Waals surface area (Å²) >= 11 is 0. The summed E-state index contributed by atoms with van der Waals surface area (Å²) in [5, 5.41) is -0.259. The van der Waals surface area contributed by atoms with Crippen LogP contribution in [-0.4, -0.2) is 25.5 Å². The molecule has 2 atom stereocenters. The Balaban J connectivity index is 2.01. The molecule has 2 aliphatic carbocycles. The van der Waals surface area contributed by atoms with Crippen molar-refractivity contribution in [2.24, 2.45) is 11.7 Å². The smallest absolute Gasteiger partial charge is 0.154 e. The van der Waals surface area contributed by atoms with Crippen LogP contribution in [0.1, 0.15) is 57.8 Å². The van der Waals surface area contributed by atoms with E-state index in [1.807, 2.05) is 0 Å². The predicted octanol–water partition coefficient (Wildman–Crippen LogP) is 2.25. The lowest BCUT2D eigenvalue weighted by molar-refractivity contribution is 0.513. The minimum atomic E-state index is -2.96. The molecule has 2 rings (SSSR count). The van der Waals surface area contributed by atoms with Crippen molar-refractivity contribution >= 4 is 9.84 Å². The molecule has 2 fully saturated rings. The Hall–Kier alpha value is -0.0900. The van der Waals surface area contributed by atoms with Crippen molar-refractivity contribution in [1.29, 1.82) is 0 Å². The number of nitrogens with two attached hydrogens (primary N) is 1. The van der Waals surface area contributed by atoms with E-state index in [1.54, 1.807) is 0 Å². The van der Waals surface area contributed by atoms with Crippen LogP contribution in [0.2, 0.25) is 0 Å². The van der Waals surface area contributed by atoms with Crippen molar-refractivity contribution in [2.45, 2.75) is 69.1 Å². The molecular weight excluding hydrogens is 234 g/mol. The van der Waals surface area contributed by atoms with Crippen molar-refractivity contribution in [1.82, 2.24) is 0 Å². The maximum atomic E-state index is 12.4. The van der Waals surface area contributed by atoms with E-state index >= 15 is 0 Å². The second-order valence-electron chi connectivity index (χ2n) is 5.82. The van der Waals surface area contributed by atoms with Gasteiger partial charge < -0.3 is 5.73 Å². The number of sulfone groups is 1. The fraction of sp³-hybridized carbons (Fsp3) is 1.00. The number of hydrogen-bond acceptors (Lipinski definition) is 3. The Morgan fingerprint density at radius 2 is 1.47 bits per heavy atom. The van der Waals surface area contributed by atoms with Gasteiger partial charge in [-0.2, -0.15) is 0 Å². The fourth-order valence-electron chi connectivity index (χ4n) is 3.38. The second kappa shape index (κ2) is 5.70. The minimum Gasteiger partial charge on any atom is -0.327 e. The van der Waals surface area contributed by atoms with E-state index in [1.165, 1.54) is 12.8 Å². The van der Waals surface area contributed by atoms with Gasteiger partial charge in [-0.15, -0.1) is 0 Å². The normalized spacial score (nSPS) is 32.5. The van der Waals surface area contributed by atoms with Gasteiger partial charge in [0.05, 0.1) is 11.0 Å². The van der Waals surface area contributed by atoms with E-state index in [0.717, 1.165) is 44.9 Å². The Morgan fingerprint density at radius 3 is 2.18 bits per heavy atom. The van der Waals surface area contributed by atoms with Gasteiger partial charge in [0.15, 0.2) is 9.84 Å². The van der Waals surface area contributed by atoms with Gasteiger partial charge in [-0.3, -0.25) is 0 Å². The topological polar surface area (TPSA) is 60.2 Å². The zero-order chi connectivity index (χ0) is 12.3. The summed E-state index contributed by atoms with van der Waals surface area (Å²) in [6, 6.07) is -0.121. The zero-order valence-electron chi connectivity index (χ0n) is 10.6. The van der Waals surface area contributed by atoms with Crippen molar-refractivity contribution in [3.63, 3.8) is 0 Å². The monoisotopic (exact) mass is 259 g/mol. The summed E-state index contributed by atoms with van der Waals surface area (Å²) in [4.78, 5) is 0. The molecule has 0 aliphatic heterocycles. The molecule has 0 aromatic rings. The molecule has 100 valence electrons. The highest BCUT2D eigenvalue weighted by atomic mass is 32.2. The lowest BCUT2D eigenvalue weighted by Crippen LogP contribution is -2.41. The van der Waals surface area contributed by atoms with Crippen molar-refractivity contribution in [3.05, 3.63) is 0 Å². The van der Waals surface area contributed by atoms with Gasteiger partial charge in [0.1, 0.15) is 0 Å². The molecule has 17 heavy (non-hydrogen) atoms. The summed E-state index contributed by atoms with van der Waals surface area (Å²) in [5.74, 6) is 0.807. The molecule has 2 unspecified atom stereocenters. The Morgan fingerprint density at radius 1 is 0.882 bits per heavy atom. The number of hydrogen-bond donors (Lipinski definition) is 1. The van der Waals surface area contributed by atoms with Crippen molar-refractivity contribution < 1.29 is 8.42 Å². The first kappa shape index (κ1) is 13.3. The van der Waals surface area contributed by atoms with Gasteiger partial charge in [-0.25, -0.2) is 8.42 Å². The third kappa shape index (κ3) is 3.44. The zero-order valence-corrected chi connectivity index (χ0v) is 11.4. The highest BCUT2D eigenvalue weighted by molar-refractivity contribution is 7.92. The lowest BCUT2D eigenvalue weighted by atomic mass is 10.1. The Labute approximate surface area is 105 Å². The summed E-state index contributed by atoms with van der Waals surface area (Å²) in [6.45, 7) is 0. The third-order valence-electron chi connectivity index (χ3n) is 4.41. The average Bonchev–Trinajstić information content (AvgIpc) is 2.64. The quantitative estimate of drug-likeness (QED) is 0.791. The Kier molecular flexibility index (Phi) is 4.47. The Bertz CT molecular complexity index is 333. The SMILES string of the molecule is NC1CCCCCC1S(=O)(=O)CC1CCCC1. The van der Waals surface area contributed by atoms with Crippen LogP contribution in [0.25, 0.3) is 0 Å². The summed E-state index contributed by atoms with van der Waals surface area (Å²) in [6.07, 6.45) is 9.54. The van der Waals surface area contributed by atoms with Crippen LogP contribution in [0.15, 0.2) is 0 Å². The second-order valence-corrected chi connectivity index (χ2v) is 8.08. The van der Waals surface area contributed by atoms with Crippen LogP contribution in [0, 0.1) is 5.92 Å². The molecule has 3 nitrogen and oxygen atoms in total. The fourth-order valence-corrected chi connectivity index (χ4v) is 5.81. The van der Waals surface area contributed by atoms with E-state index in [0.29, 0.717) is 11.7 Å². The highest BCUT2D eigenvalue weighted by Crippen LogP contribution is 2.30. The first-order valence-corrected chi connectivity index (χ1v) is 8.78. The van der Waals surface area contributed by atoms with Crippen LogP contribution in [0.5, 0.6) is 0 Å². The summed E-state index contributed by atoms with van der Waals surface area (Å²) < 4.78 is 24.8. The lowest BCUT2D eigenvalue weighted by Gasteiger charge is -2.23. The van der Waals surface area contributed by atoms with Gasteiger partial charge in [-0.1, -0.05) is 32.1 Å². The van der Waals surface area contributed by atoms with Gasteiger partial charge in [-0.05, 0) is 31.6 Å². The third-order valence-corrected chi connectivity index (χ3v) is 6.85. The van der Waals surface area contributed by atoms with Crippen LogP contribution in [-0.2, 0) is 9.84 Å². The van der Waals surface area contributed by atoms with Crippen molar-refractivity contribution in [2.75, 3.05) is 5.75 Å². The van der Waals surface area contributed by atoms with Gasteiger partial charge in [0.2, 0.25) is 0 Å². The molecule has 0 amide bonds. The maximum absolute atomic E-state index is 12.4. The molecule has 0 spiro atoms. The molecule has 4 heteroatoms. The van der Waals surface area contributed by atoms with Crippen LogP contribution < -0.4 is 5.73 Å². The van der Waals surface area contributed by atoms with Gasteiger partial charge in [0.25, 0.3) is 0 Å². The largest absolute Gasteiger partial charge is 0.327 e. The predicted molar refractivity (Wildman–Crippen MR) is 70.6 cm³/mol. The average molecular weight is 259 g/mol. The standard InChI is InChI=1S/C13H25NO2S/c14-12-8-2-1-3-9-13(12)17(15,16)10-11-6-4-5-7-11/h11-13H,1-10,14H2.